The van der Waals surface area contributed by atoms with E-state index in [4.69, 9.17) is 18.9 Å². The van der Waals surface area contributed by atoms with Crippen LogP contribution in [0.2, 0.25) is 0 Å². The van der Waals surface area contributed by atoms with Crippen LogP contribution in [0.15, 0.2) is 36.4 Å². The molecule has 0 saturated heterocycles. The highest BCUT2D eigenvalue weighted by Crippen LogP contribution is 2.42. The molecule has 25 heavy (non-hydrogen) atoms. The molecule has 134 valence electrons. The molecule has 1 aliphatic carbocycles. The van der Waals surface area contributed by atoms with Crippen LogP contribution in [0, 0.1) is 0 Å². The maximum atomic E-state index is 10.4. The average molecular weight is 344 g/mol. The summed E-state index contributed by atoms with van der Waals surface area (Å²) in [6.07, 6.45) is 3.40. The van der Waals surface area contributed by atoms with E-state index in [2.05, 4.69) is 12.1 Å². The topological polar surface area (TPSA) is 54.0 Å². The molecule has 0 heterocycles. The quantitative estimate of drug-likeness (QED) is 0.739. The van der Waals surface area contributed by atoms with E-state index in [9.17, 15) is 4.79 Å². The SMILES string of the molecule is COc1ccc(C2CC2)cc1OC.COc1ccc(C=O)cc1OC. The third kappa shape index (κ3) is 4.89. The van der Waals surface area contributed by atoms with Gasteiger partial charge in [0, 0.05) is 5.56 Å². The fraction of sp³-hybridized carbons (Fsp3) is 0.350. The van der Waals surface area contributed by atoms with E-state index in [0.717, 1.165) is 23.7 Å². The molecule has 5 heteroatoms. The highest BCUT2D eigenvalue weighted by Gasteiger charge is 2.24. The lowest BCUT2D eigenvalue weighted by molar-refractivity contribution is 0.112. The summed E-state index contributed by atoms with van der Waals surface area (Å²) in [5.41, 5.74) is 1.95. The molecule has 0 aromatic heterocycles. The van der Waals surface area contributed by atoms with Crippen molar-refractivity contribution in [3.05, 3.63) is 47.5 Å². The minimum absolute atomic E-state index is 0.571. The number of hydrogen-bond donors (Lipinski definition) is 0. The molecule has 0 radical (unpaired) electrons. The standard InChI is InChI=1S/C11H14O2.C9H10O3/c1-12-10-6-5-9(8-3-4-8)7-11(10)13-2;1-11-8-4-3-7(6-10)5-9(8)12-2/h5-8H,3-4H2,1-2H3;3-6H,1-2H3. The van der Waals surface area contributed by atoms with Crippen LogP contribution >= 0.6 is 0 Å². The summed E-state index contributed by atoms with van der Waals surface area (Å²) in [6.45, 7) is 0. The second-order valence-corrected chi connectivity index (χ2v) is 5.62. The Morgan fingerprint density at radius 2 is 1.28 bits per heavy atom. The Morgan fingerprint density at radius 3 is 1.76 bits per heavy atom. The molecule has 1 saturated carbocycles. The minimum Gasteiger partial charge on any atom is -0.493 e. The van der Waals surface area contributed by atoms with E-state index in [0.29, 0.717) is 17.1 Å². The largest absolute Gasteiger partial charge is 0.493 e. The van der Waals surface area contributed by atoms with Crippen molar-refractivity contribution >= 4 is 6.29 Å². The van der Waals surface area contributed by atoms with Gasteiger partial charge in [-0.2, -0.15) is 0 Å². The van der Waals surface area contributed by atoms with Gasteiger partial charge in [0.2, 0.25) is 0 Å². The van der Waals surface area contributed by atoms with E-state index in [1.54, 1.807) is 39.5 Å². The summed E-state index contributed by atoms with van der Waals surface area (Å²) in [5.74, 6) is 3.61. The predicted molar refractivity (Wildman–Crippen MR) is 96.5 cm³/mol. The third-order valence-electron chi connectivity index (χ3n) is 4.00. The molecule has 1 fully saturated rings. The predicted octanol–water partition coefficient (Wildman–Crippen LogP) is 4.10. The normalized spacial score (nSPS) is 12.5. The number of ether oxygens (including phenoxy) is 4. The monoisotopic (exact) mass is 344 g/mol. The Kier molecular flexibility index (Phi) is 6.69. The second kappa shape index (κ2) is 8.97. The van der Waals surface area contributed by atoms with Crippen LogP contribution in [0.3, 0.4) is 0 Å². The average Bonchev–Trinajstić information content (AvgIpc) is 3.52. The van der Waals surface area contributed by atoms with Crippen molar-refractivity contribution in [3.8, 4) is 23.0 Å². The van der Waals surface area contributed by atoms with E-state index in [1.165, 1.54) is 25.5 Å². The molecule has 5 nitrogen and oxygen atoms in total. The number of hydrogen-bond acceptors (Lipinski definition) is 5. The first-order valence-corrected chi connectivity index (χ1v) is 8.06. The van der Waals surface area contributed by atoms with Crippen molar-refractivity contribution in [1.82, 2.24) is 0 Å². The molecule has 0 unspecified atom stereocenters. The van der Waals surface area contributed by atoms with E-state index in [1.807, 2.05) is 6.07 Å². The van der Waals surface area contributed by atoms with Gasteiger partial charge in [-0.1, -0.05) is 6.07 Å². The maximum Gasteiger partial charge on any atom is 0.161 e. The molecule has 0 atom stereocenters. The van der Waals surface area contributed by atoms with Crippen LogP contribution in [-0.2, 0) is 0 Å². The van der Waals surface area contributed by atoms with Crippen molar-refractivity contribution in [2.24, 2.45) is 0 Å². The molecule has 2 aromatic rings. The summed E-state index contributed by atoms with van der Waals surface area (Å²) >= 11 is 0. The van der Waals surface area contributed by atoms with Crippen LogP contribution in [0.1, 0.15) is 34.7 Å². The van der Waals surface area contributed by atoms with E-state index < -0.39 is 0 Å². The molecular formula is C20H24O5. The molecule has 0 spiro atoms. The van der Waals surface area contributed by atoms with Crippen LogP contribution < -0.4 is 18.9 Å². The number of methoxy groups -OCH3 is 4. The molecular weight excluding hydrogens is 320 g/mol. The number of rotatable bonds is 6. The van der Waals surface area contributed by atoms with Gasteiger partial charge in [-0.3, -0.25) is 4.79 Å². The molecule has 0 amide bonds. The van der Waals surface area contributed by atoms with Gasteiger partial charge in [0.1, 0.15) is 6.29 Å². The van der Waals surface area contributed by atoms with Crippen LogP contribution in [0.5, 0.6) is 23.0 Å². The van der Waals surface area contributed by atoms with Gasteiger partial charge in [0.25, 0.3) is 0 Å². The Hall–Kier alpha value is -2.69. The van der Waals surface area contributed by atoms with E-state index >= 15 is 0 Å². The van der Waals surface area contributed by atoms with Gasteiger partial charge in [-0.15, -0.1) is 0 Å². The zero-order valence-corrected chi connectivity index (χ0v) is 15.1. The van der Waals surface area contributed by atoms with Gasteiger partial charge in [0.05, 0.1) is 28.4 Å². The first kappa shape index (κ1) is 18.6. The first-order valence-electron chi connectivity index (χ1n) is 8.06. The smallest absolute Gasteiger partial charge is 0.161 e. The Bertz CT molecular complexity index is 707. The summed E-state index contributed by atoms with van der Waals surface area (Å²) in [7, 11) is 6.42. The lowest BCUT2D eigenvalue weighted by Gasteiger charge is -2.08. The van der Waals surface area contributed by atoms with Gasteiger partial charge in [-0.25, -0.2) is 0 Å². The minimum atomic E-state index is 0.571. The van der Waals surface area contributed by atoms with Crippen molar-refractivity contribution in [2.45, 2.75) is 18.8 Å². The Morgan fingerprint density at radius 1 is 0.760 bits per heavy atom. The fourth-order valence-corrected chi connectivity index (χ4v) is 2.45. The van der Waals surface area contributed by atoms with Crippen molar-refractivity contribution in [1.29, 1.82) is 0 Å². The lowest BCUT2D eigenvalue weighted by atomic mass is 10.1. The van der Waals surface area contributed by atoms with Crippen LogP contribution in [-0.4, -0.2) is 34.7 Å². The van der Waals surface area contributed by atoms with Gasteiger partial charge in [-0.05, 0) is 54.7 Å². The maximum absolute atomic E-state index is 10.4. The highest BCUT2D eigenvalue weighted by molar-refractivity contribution is 5.76. The molecule has 0 bridgehead atoms. The first-order chi connectivity index (χ1) is 12.2. The highest BCUT2D eigenvalue weighted by atomic mass is 16.5. The van der Waals surface area contributed by atoms with Crippen molar-refractivity contribution in [2.75, 3.05) is 28.4 Å². The number of carbonyl (C=O) groups excluding carboxylic acids is 1. The van der Waals surface area contributed by atoms with E-state index in [-0.39, 0.29) is 0 Å². The molecule has 2 aromatic carbocycles. The summed E-state index contributed by atoms with van der Waals surface area (Å²) in [5, 5.41) is 0. The molecule has 1 aliphatic rings. The number of benzene rings is 2. The Balaban J connectivity index is 0.000000181. The van der Waals surface area contributed by atoms with Gasteiger partial charge in [0.15, 0.2) is 23.0 Å². The third-order valence-corrected chi connectivity index (χ3v) is 4.00. The molecule has 3 rings (SSSR count). The summed E-state index contributed by atoms with van der Waals surface area (Å²) < 4.78 is 20.4. The summed E-state index contributed by atoms with van der Waals surface area (Å²) in [6, 6.07) is 11.2. The zero-order valence-electron chi connectivity index (χ0n) is 15.1. The van der Waals surface area contributed by atoms with Crippen molar-refractivity contribution in [3.63, 3.8) is 0 Å². The van der Waals surface area contributed by atoms with Crippen LogP contribution in [0.25, 0.3) is 0 Å². The molecule has 0 N–H and O–H groups in total. The Labute approximate surface area is 148 Å². The fourth-order valence-electron chi connectivity index (χ4n) is 2.45. The number of aldehydes is 1. The zero-order chi connectivity index (χ0) is 18.2. The summed E-state index contributed by atoms with van der Waals surface area (Å²) in [4.78, 5) is 10.4. The van der Waals surface area contributed by atoms with Gasteiger partial charge >= 0.3 is 0 Å². The van der Waals surface area contributed by atoms with Gasteiger partial charge < -0.3 is 18.9 Å². The second-order valence-electron chi connectivity index (χ2n) is 5.62. The molecule has 0 aliphatic heterocycles. The van der Waals surface area contributed by atoms with Crippen molar-refractivity contribution < 1.29 is 23.7 Å². The van der Waals surface area contributed by atoms with Crippen LogP contribution in [0.4, 0.5) is 0 Å². The number of carbonyl (C=O) groups is 1. The lowest BCUT2D eigenvalue weighted by Crippen LogP contribution is -1.91.